The zero-order chi connectivity index (χ0) is 14.3. The molecule has 0 unspecified atom stereocenters. The van der Waals surface area contributed by atoms with Crippen molar-refractivity contribution in [2.45, 2.75) is 57.6 Å². The maximum absolute atomic E-state index is 12.3. The SMILES string of the molecule is CCCNCc1cn[nH]c1S(=O)(=O)NC(CC)CC. The summed E-state index contributed by atoms with van der Waals surface area (Å²) in [4.78, 5) is 0. The Hall–Kier alpha value is -0.920. The lowest BCUT2D eigenvalue weighted by atomic mass is 10.2. The smallest absolute Gasteiger partial charge is 0.258 e. The number of aromatic nitrogens is 2. The van der Waals surface area contributed by atoms with Gasteiger partial charge >= 0.3 is 0 Å². The van der Waals surface area contributed by atoms with E-state index in [0.717, 1.165) is 25.8 Å². The van der Waals surface area contributed by atoms with Crippen LogP contribution >= 0.6 is 0 Å². The predicted molar refractivity (Wildman–Crippen MR) is 75.3 cm³/mol. The molecule has 1 heterocycles. The molecule has 1 aromatic heterocycles. The van der Waals surface area contributed by atoms with E-state index in [-0.39, 0.29) is 11.1 Å². The number of sulfonamides is 1. The Balaban J connectivity index is 2.80. The molecule has 0 radical (unpaired) electrons. The third kappa shape index (κ3) is 4.59. The standard InChI is InChI=1S/C12H24N4O2S/c1-4-7-13-8-10-9-14-15-12(10)19(17,18)16-11(5-2)6-3/h9,11,13,16H,4-8H2,1-3H3,(H,14,15). The molecule has 19 heavy (non-hydrogen) atoms. The zero-order valence-electron chi connectivity index (χ0n) is 11.9. The normalized spacial score (nSPS) is 12.2. The van der Waals surface area contributed by atoms with Gasteiger partial charge in [0.1, 0.15) is 0 Å². The van der Waals surface area contributed by atoms with Gasteiger partial charge in [-0.15, -0.1) is 0 Å². The van der Waals surface area contributed by atoms with Crippen LogP contribution in [0.3, 0.4) is 0 Å². The van der Waals surface area contributed by atoms with Crippen molar-refractivity contribution >= 4 is 10.0 Å². The highest BCUT2D eigenvalue weighted by molar-refractivity contribution is 7.89. The highest BCUT2D eigenvalue weighted by Gasteiger charge is 2.22. The van der Waals surface area contributed by atoms with Gasteiger partial charge < -0.3 is 5.32 Å². The molecule has 110 valence electrons. The molecule has 0 saturated heterocycles. The summed E-state index contributed by atoms with van der Waals surface area (Å²) in [7, 11) is -3.52. The van der Waals surface area contributed by atoms with E-state index in [1.54, 1.807) is 6.20 Å². The van der Waals surface area contributed by atoms with Crippen molar-refractivity contribution in [3.05, 3.63) is 11.8 Å². The quantitative estimate of drug-likeness (QED) is 0.599. The largest absolute Gasteiger partial charge is 0.313 e. The van der Waals surface area contributed by atoms with Crippen molar-refractivity contribution in [3.63, 3.8) is 0 Å². The van der Waals surface area contributed by atoms with Crippen LogP contribution < -0.4 is 10.0 Å². The van der Waals surface area contributed by atoms with E-state index < -0.39 is 10.0 Å². The fraction of sp³-hybridized carbons (Fsp3) is 0.750. The van der Waals surface area contributed by atoms with Gasteiger partial charge in [0.2, 0.25) is 0 Å². The molecule has 0 bridgehead atoms. The molecule has 0 aliphatic rings. The van der Waals surface area contributed by atoms with E-state index in [1.165, 1.54) is 0 Å². The molecule has 0 aliphatic heterocycles. The van der Waals surface area contributed by atoms with Gasteiger partial charge in [-0.1, -0.05) is 20.8 Å². The number of hydrogen-bond donors (Lipinski definition) is 3. The summed E-state index contributed by atoms with van der Waals surface area (Å²) in [5.41, 5.74) is 0.673. The highest BCUT2D eigenvalue weighted by Crippen LogP contribution is 2.13. The van der Waals surface area contributed by atoms with Gasteiger partial charge in [0.05, 0.1) is 6.20 Å². The lowest BCUT2D eigenvalue weighted by Crippen LogP contribution is -2.34. The van der Waals surface area contributed by atoms with E-state index in [2.05, 4.69) is 27.2 Å². The zero-order valence-corrected chi connectivity index (χ0v) is 12.7. The molecule has 0 aliphatic carbocycles. The first kappa shape index (κ1) is 16.1. The monoisotopic (exact) mass is 288 g/mol. The van der Waals surface area contributed by atoms with Gasteiger partial charge in [0.25, 0.3) is 10.0 Å². The van der Waals surface area contributed by atoms with Crippen LogP contribution in [0.1, 0.15) is 45.6 Å². The molecule has 0 saturated carbocycles. The first-order valence-electron chi connectivity index (χ1n) is 6.80. The summed E-state index contributed by atoms with van der Waals surface area (Å²) >= 11 is 0. The lowest BCUT2D eigenvalue weighted by molar-refractivity contribution is 0.525. The molecular weight excluding hydrogens is 264 g/mol. The van der Waals surface area contributed by atoms with E-state index >= 15 is 0 Å². The summed E-state index contributed by atoms with van der Waals surface area (Å²) in [6.07, 6.45) is 4.11. The van der Waals surface area contributed by atoms with Crippen LogP contribution in [-0.2, 0) is 16.6 Å². The first-order valence-corrected chi connectivity index (χ1v) is 8.28. The summed E-state index contributed by atoms with van der Waals surface area (Å²) in [5, 5.41) is 9.78. The van der Waals surface area contributed by atoms with Gasteiger partial charge in [-0.3, -0.25) is 5.10 Å². The van der Waals surface area contributed by atoms with Gasteiger partial charge in [0.15, 0.2) is 5.03 Å². The van der Waals surface area contributed by atoms with Crippen LogP contribution in [0.2, 0.25) is 0 Å². The Morgan fingerprint density at radius 2 is 2.00 bits per heavy atom. The van der Waals surface area contributed by atoms with Crippen LogP contribution in [0, 0.1) is 0 Å². The second-order valence-electron chi connectivity index (χ2n) is 4.54. The molecule has 3 N–H and O–H groups in total. The summed E-state index contributed by atoms with van der Waals surface area (Å²) < 4.78 is 27.2. The van der Waals surface area contributed by atoms with Gasteiger partial charge in [0, 0.05) is 18.2 Å². The molecular formula is C12H24N4O2S. The van der Waals surface area contributed by atoms with Crippen molar-refractivity contribution in [1.29, 1.82) is 0 Å². The Kier molecular flexibility index (Phi) is 6.47. The third-order valence-corrected chi connectivity index (χ3v) is 4.53. The molecule has 0 fully saturated rings. The minimum absolute atomic E-state index is 0.0373. The number of H-pyrrole nitrogens is 1. The molecule has 0 spiro atoms. The van der Waals surface area contributed by atoms with Crippen LogP contribution in [0.4, 0.5) is 0 Å². The van der Waals surface area contributed by atoms with E-state index in [9.17, 15) is 8.42 Å². The molecule has 1 rings (SSSR count). The third-order valence-electron chi connectivity index (χ3n) is 3.00. The fourth-order valence-corrected chi connectivity index (χ4v) is 3.32. The molecule has 6 nitrogen and oxygen atoms in total. The maximum atomic E-state index is 12.3. The van der Waals surface area contributed by atoms with Crippen molar-refractivity contribution in [3.8, 4) is 0 Å². The molecule has 0 aromatic carbocycles. The number of hydrogen-bond acceptors (Lipinski definition) is 4. The number of aromatic amines is 1. The van der Waals surface area contributed by atoms with Gasteiger partial charge in [-0.2, -0.15) is 5.10 Å². The predicted octanol–water partition coefficient (Wildman–Crippen LogP) is 1.38. The number of nitrogens with one attached hydrogen (secondary N) is 3. The maximum Gasteiger partial charge on any atom is 0.258 e. The van der Waals surface area contributed by atoms with Crippen molar-refractivity contribution < 1.29 is 8.42 Å². The van der Waals surface area contributed by atoms with Crippen molar-refractivity contribution in [1.82, 2.24) is 20.2 Å². The highest BCUT2D eigenvalue weighted by atomic mass is 32.2. The fourth-order valence-electron chi connectivity index (χ4n) is 1.79. The molecule has 7 heteroatoms. The summed E-state index contributed by atoms with van der Waals surface area (Å²) in [6, 6.07) is -0.0373. The Labute approximate surface area is 115 Å². The molecule has 1 aromatic rings. The lowest BCUT2D eigenvalue weighted by Gasteiger charge is -2.14. The second-order valence-corrected chi connectivity index (χ2v) is 6.19. The Morgan fingerprint density at radius 3 is 2.58 bits per heavy atom. The van der Waals surface area contributed by atoms with E-state index in [1.807, 2.05) is 13.8 Å². The molecule has 0 atom stereocenters. The number of nitrogens with zero attached hydrogens (tertiary/aromatic N) is 1. The van der Waals surface area contributed by atoms with Crippen molar-refractivity contribution in [2.24, 2.45) is 0 Å². The average molecular weight is 288 g/mol. The minimum atomic E-state index is -3.52. The first-order chi connectivity index (χ1) is 9.05. The molecule has 0 amide bonds. The Morgan fingerprint density at radius 1 is 1.32 bits per heavy atom. The van der Waals surface area contributed by atoms with Crippen LogP contribution in [0.25, 0.3) is 0 Å². The van der Waals surface area contributed by atoms with Crippen LogP contribution in [-0.4, -0.2) is 31.2 Å². The van der Waals surface area contributed by atoms with Crippen molar-refractivity contribution in [2.75, 3.05) is 6.54 Å². The van der Waals surface area contributed by atoms with Gasteiger partial charge in [-0.05, 0) is 25.8 Å². The number of rotatable bonds is 9. The van der Waals surface area contributed by atoms with E-state index in [4.69, 9.17) is 0 Å². The summed E-state index contributed by atoms with van der Waals surface area (Å²) in [6.45, 7) is 7.35. The van der Waals surface area contributed by atoms with Crippen LogP contribution in [0.15, 0.2) is 11.2 Å². The summed E-state index contributed by atoms with van der Waals surface area (Å²) in [5.74, 6) is 0. The van der Waals surface area contributed by atoms with E-state index in [0.29, 0.717) is 12.1 Å². The minimum Gasteiger partial charge on any atom is -0.313 e. The van der Waals surface area contributed by atoms with Gasteiger partial charge in [-0.25, -0.2) is 13.1 Å². The second kappa shape index (κ2) is 7.62. The topological polar surface area (TPSA) is 86.9 Å². The average Bonchev–Trinajstić information content (AvgIpc) is 2.85. The Bertz CT molecular complexity index is 466. The van der Waals surface area contributed by atoms with Crippen LogP contribution in [0.5, 0.6) is 0 Å².